The van der Waals surface area contributed by atoms with Crippen LogP contribution in [0.4, 0.5) is 0 Å². The molecule has 0 unspecified atom stereocenters. The lowest BCUT2D eigenvalue weighted by atomic mass is 10.1. The van der Waals surface area contributed by atoms with Gasteiger partial charge < -0.3 is 14.6 Å². The Bertz CT molecular complexity index is 642. The zero-order valence-corrected chi connectivity index (χ0v) is 13.2. The molecule has 2 aromatic rings. The molecule has 22 heavy (non-hydrogen) atoms. The van der Waals surface area contributed by atoms with Crippen LogP contribution in [0.3, 0.4) is 0 Å². The number of nitrogens with zero attached hydrogens (tertiary/aromatic N) is 2. The van der Waals surface area contributed by atoms with Gasteiger partial charge in [-0.05, 0) is 5.56 Å². The zero-order chi connectivity index (χ0) is 15.9. The zero-order valence-electron chi connectivity index (χ0n) is 12.4. The highest BCUT2D eigenvalue weighted by molar-refractivity contribution is 7.99. The molecular formula is C15H17N3O3S. The van der Waals surface area contributed by atoms with Crippen molar-refractivity contribution in [2.24, 2.45) is 7.05 Å². The quantitative estimate of drug-likeness (QED) is 0.646. The Hall–Kier alpha value is -2.28. The Morgan fingerprint density at radius 2 is 2.09 bits per heavy atom. The van der Waals surface area contributed by atoms with Crippen molar-refractivity contribution in [3.63, 3.8) is 0 Å². The number of carbonyl (C=O) groups excluding carboxylic acids is 2. The van der Waals surface area contributed by atoms with Crippen LogP contribution < -0.4 is 5.32 Å². The molecule has 1 heterocycles. The number of thioether (sulfide) groups is 1. The number of nitrogens with one attached hydrogen (secondary N) is 1. The number of esters is 1. The second-order valence-electron chi connectivity index (χ2n) is 4.54. The lowest BCUT2D eigenvalue weighted by Gasteiger charge is -2.16. The lowest BCUT2D eigenvalue weighted by Crippen LogP contribution is -2.35. The van der Waals surface area contributed by atoms with Crippen molar-refractivity contribution in [2.45, 2.75) is 11.2 Å². The minimum Gasteiger partial charge on any atom is -0.467 e. The summed E-state index contributed by atoms with van der Waals surface area (Å²) in [5.74, 6) is -0.584. The summed E-state index contributed by atoms with van der Waals surface area (Å²) in [6.07, 6.45) is 3.48. The predicted molar refractivity (Wildman–Crippen MR) is 83.3 cm³/mol. The normalized spacial score (nSPS) is 11.7. The summed E-state index contributed by atoms with van der Waals surface area (Å²) in [6.45, 7) is 0. The van der Waals surface area contributed by atoms with Crippen LogP contribution in [0.5, 0.6) is 0 Å². The van der Waals surface area contributed by atoms with Crippen molar-refractivity contribution in [1.29, 1.82) is 0 Å². The van der Waals surface area contributed by atoms with E-state index in [0.717, 1.165) is 5.16 Å². The van der Waals surface area contributed by atoms with Gasteiger partial charge in [-0.2, -0.15) is 0 Å². The SMILES string of the molecule is COC(=O)[C@@H](NC(=O)CSc1nccn1C)c1ccccc1. The summed E-state index contributed by atoms with van der Waals surface area (Å²) in [6, 6.07) is 8.19. The first kappa shape index (κ1) is 16.1. The standard InChI is InChI=1S/C15H17N3O3S/c1-18-9-8-16-15(18)22-10-12(19)17-13(14(20)21-2)11-6-4-3-5-7-11/h3-9,13H,10H2,1-2H3,(H,17,19)/t13-/m0/s1. The molecule has 1 aromatic heterocycles. The number of imidazole rings is 1. The molecule has 1 aromatic carbocycles. The van der Waals surface area contributed by atoms with E-state index < -0.39 is 12.0 Å². The number of methoxy groups -OCH3 is 1. The summed E-state index contributed by atoms with van der Waals surface area (Å²) < 4.78 is 6.59. The monoisotopic (exact) mass is 319 g/mol. The maximum Gasteiger partial charge on any atom is 0.333 e. The summed E-state index contributed by atoms with van der Waals surface area (Å²) >= 11 is 1.31. The molecule has 0 saturated heterocycles. The molecule has 116 valence electrons. The maximum atomic E-state index is 12.1. The van der Waals surface area contributed by atoms with Crippen molar-refractivity contribution < 1.29 is 14.3 Å². The van der Waals surface area contributed by atoms with Gasteiger partial charge in [0.25, 0.3) is 0 Å². The van der Waals surface area contributed by atoms with E-state index in [0.29, 0.717) is 5.56 Å². The molecule has 7 heteroatoms. The molecule has 0 bridgehead atoms. The van der Waals surface area contributed by atoms with Crippen molar-refractivity contribution >= 4 is 23.6 Å². The van der Waals surface area contributed by atoms with Crippen LogP contribution in [0.1, 0.15) is 11.6 Å². The van der Waals surface area contributed by atoms with Gasteiger partial charge in [0.15, 0.2) is 11.2 Å². The fraction of sp³-hybridized carbons (Fsp3) is 0.267. The van der Waals surface area contributed by atoms with E-state index in [2.05, 4.69) is 10.3 Å². The molecule has 1 N–H and O–H groups in total. The largest absolute Gasteiger partial charge is 0.467 e. The molecule has 1 atom stereocenters. The molecule has 0 aliphatic carbocycles. The van der Waals surface area contributed by atoms with Gasteiger partial charge >= 0.3 is 5.97 Å². The molecule has 0 aliphatic heterocycles. The molecule has 0 radical (unpaired) electrons. The van der Waals surface area contributed by atoms with Crippen LogP contribution in [-0.2, 0) is 21.4 Å². The average molecular weight is 319 g/mol. The predicted octanol–water partition coefficient (Wildman–Crippen LogP) is 1.54. The van der Waals surface area contributed by atoms with Gasteiger partial charge in [0.2, 0.25) is 5.91 Å². The van der Waals surface area contributed by atoms with Crippen LogP contribution in [0.15, 0.2) is 47.9 Å². The van der Waals surface area contributed by atoms with E-state index in [4.69, 9.17) is 4.74 Å². The van der Waals surface area contributed by atoms with Crippen molar-refractivity contribution in [2.75, 3.05) is 12.9 Å². The van der Waals surface area contributed by atoms with Crippen LogP contribution in [0.2, 0.25) is 0 Å². The van der Waals surface area contributed by atoms with Gasteiger partial charge in [-0.1, -0.05) is 42.1 Å². The molecular weight excluding hydrogens is 302 g/mol. The summed E-state index contributed by atoms with van der Waals surface area (Å²) in [5, 5.41) is 3.43. The number of benzene rings is 1. The minimum atomic E-state index is -0.805. The summed E-state index contributed by atoms with van der Waals surface area (Å²) in [7, 11) is 3.15. The van der Waals surface area contributed by atoms with E-state index in [1.807, 2.05) is 23.9 Å². The van der Waals surface area contributed by atoms with Crippen LogP contribution in [-0.4, -0.2) is 34.3 Å². The highest BCUT2D eigenvalue weighted by Crippen LogP contribution is 2.17. The third kappa shape index (κ3) is 4.11. The third-order valence-corrected chi connectivity index (χ3v) is 4.04. The Labute approximate surface area is 132 Å². The first-order valence-electron chi connectivity index (χ1n) is 6.64. The van der Waals surface area contributed by atoms with Crippen LogP contribution in [0, 0.1) is 0 Å². The van der Waals surface area contributed by atoms with Gasteiger partial charge in [-0.15, -0.1) is 0 Å². The third-order valence-electron chi connectivity index (χ3n) is 2.98. The van der Waals surface area contributed by atoms with Gasteiger partial charge in [0.05, 0.1) is 12.9 Å². The minimum absolute atomic E-state index is 0.172. The molecule has 0 saturated carbocycles. The Balaban J connectivity index is 1.99. The number of carbonyl (C=O) groups is 2. The lowest BCUT2D eigenvalue weighted by molar-refractivity contribution is -0.145. The summed E-state index contributed by atoms with van der Waals surface area (Å²) in [4.78, 5) is 28.1. The molecule has 6 nitrogen and oxygen atoms in total. The Morgan fingerprint density at radius 3 is 2.68 bits per heavy atom. The second-order valence-corrected chi connectivity index (χ2v) is 5.49. The smallest absolute Gasteiger partial charge is 0.333 e. The number of amides is 1. The number of rotatable bonds is 6. The van der Waals surface area contributed by atoms with Crippen molar-refractivity contribution in [3.8, 4) is 0 Å². The highest BCUT2D eigenvalue weighted by Gasteiger charge is 2.23. The molecule has 0 fully saturated rings. The van der Waals surface area contributed by atoms with E-state index in [1.165, 1.54) is 18.9 Å². The number of ether oxygens (including phenoxy) is 1. The average Bonchev–Trinajstić information content (AvgIpc) is 2.96. The highest BCUT2D eigenvalue weighted by atomic mass is 32.2. The topological polar surface area (TPSA) is 73.2 Å². The number of aromatic nitrogens is 2. The number of hydrogen-bond acceptors (Lipinski definition) is 5. The van der Waals surface area contributed by atoms with E-state index in [1.54, 1.807) is 30.5 Å². The summed E-state index contributed by atoms with van der Waals surface area (Å²) in [5.41, 5.74) is 0.685. The van der Waals surface area contributed by atoms with Crippen LogP contribution >= 0.6 is 11.8 Å². The first-order chi connectivity index (χ1) is 10.6. The first-order valence-corrected chi connectivity index (χ1v) is 7.62. The Morgan fingerprint density at radius 1 is 1.36 bits per heavy atom. The molecule has 1 amide bonds. The maximum absolute atomic E-state index is 12.1. The van der Waals surface area contributed by atoms with Gasteiger partial charge in [0.1, 0.15) is 0 Å². The molecule has 2 rings (SSSR count). The second kappa shape index (κ2) is 7.65. The van der Waals surface area contributed by atoms with E-state index in [9.17, 15) is 9.59 Å². The Kier molecular flexibility index (Phi) is 5.60. The van der Waals surface area contributed by atoms with Gasteiger partial charge in [-0.3, -0.25) is 4.79 Å². The van der Waals surface area contributed by atoms with E-state index >= 15 is 0 Å². The fourth-order valence-corrected chi connectivity index (χ4v) is 2.61. The number of hydrogen-bond donors (Lipinski definition) is 1. The number of aryl methyl sites for hydroxylation is 1. The van der Waals surface area contributed by atoms with E-state index in [-0.39, 0.29) is 11.7 Å². The van der Waals surface area contributed by atoms with Crippen LogP contribution in [0.25, 0.3) is 0 Å². The van der Waals surface area contributed by atoms with Crippen molar-refractivity contribution in [3.05, 3.63) is 48.3 Å². The van der Waals surface area contributed by atoms with Gasteiger partial charge in [0, 0.05) is 19.4 Å². The molecule has 0 spiro atoms. The van der Waals surface area contributed by atoms with Crippen molar-refractivity contribution in [1.82, 2.24) is 14.9 Å². The van der Waals surface area contributed by atoms with Gasteiger partial charge in [-0.25, -0.2) is 9.78 Å². The molecule has 0 aliphatic rings. The fourth-order valence-electron chi connectivity index (χ4n) is 1.87.